The van der Waals surface area contributed by atoms with Crippen molar-refractivity contribution in [3.63, 3.8) is 0 Å². The molecule has 25 heavy (non-hydrogen) atoms. The Labute approximate surface area is 144 Å². The van der Waals surface area contributed by atoms with Crippen LogP contribution in [-0.2, 0) is 6.54 Å². The van der Waals surface area contributed by atoms with Gasteiger partial charge in [-0.15, -0.1) is 0 Å². The normalized spacial score (nSPS) is 11.2. The monoisotopic (exact) mass is 328 g/mol. The summed E-state index contributed by atoms with van der Waals surface area (Å²) < 4.78 is 1.86. The van der Waals surface area contributed by atoms with Crippen molar-refractivity contribution in [2.45, 2.75) is 6.54 Å². The van der Waals surface area contributed by atoms with E-state index in [1.807, 2.05) is 53.2 Å². The molecule has 2 heterocycles. The summed E-state index contributed by atoms with van der Waals surface area (Å²) in [6, 6.07) is 20.0. The van der Waals surface area contributed by atoms with E-state index < -0.39 is 0 Å². The van der Waals surface area contributed by atoms with Crippen LogP contribution in [0.4, 0.5) is 5.82 Å². The highest BCUT2D eigenvalue weighted by molar-refractivity contribution is 5.87. The molecule has 1 N–H and O–H groups in total. The molecule has 4 rings (SSSR count). The van der Waals surface area contributed by atoms with E-state index in [-0.39, 0.29) is 0 Å². The van der Waals surface area contributed by atoms with Crippen molar-refractivity contribution >= 4 is 23.1 Å². The highest BCUT2D eigenvalue weighted by Crippen LogP contribution is 2.19. The molecule has 0 radical (unpaired) electrons. The van der Waals surface area contributed by atoms with E-state index in [1.54, 1.807) is 12.4 Å². The number of aromatic nitrogens is 4. The van der Waals surface area contributed by atoms with Gasteiger partial charge in [0, 0.05) is 0 Å². The van der Waals surface area contributed by atoms with Crippen LogP contribution < -0.4 is 5.43 Å². The van der Waals surface area contributed by atoms with Crippen LogP contribution in [-0.4, -0.2) is 26.0 Å². The van der Waals surface area contributed by atoms with Gasteiger partial charge in [0.2, 0.25) is 0 Å². The van der Waals surface area contributed by atoms with Gasteiger partial charge in [-0.25, -0.2) is 14.6 Å². The maximum Gasteiger partial charge on any atom is 0.163 e. The third-order valence-electron chi connectivity index (χ3n) is 3.79. The third kappa shape index (κ3) is 3.37. The molecule has 0 amide bonds. The zero-order valence-electron chi connectivity index (χ0n) is 13.4. The molecule has 0 unspecified atom stereocenters. The van der Waals surface area contributed by atoms with Gasteiger partial charge in [-0.05, 0) is 11.1 Å². The van der Waals surface area contributed by atoms with Crippen molar-refractivity contribution in [3.8, 4) is 0 Å². The highest BCUT2D eigenvalue weighted by Gasteiger charge is 2.09. The summed E-state index contributed by atoms with van der Waals surface area (Å²) >= 11 is 0. The molecule has 6 heteroatoms. The Bertz CT molecular complexity index is 992. The molecule has 6 nitrogen and oxygen atoms in total. The second kappa shape index (κ2) is 6.92. The number of hydrazone groups is 1. The minimum Gasteiger partial charge on any atom is -0.261 e. The number of nitrogens with zero attached hydrogens (tertiary/aromatic N) is 5. The molecule has 122 valence electrons. The molecule has 0 saturated carbocycles. The van der Waals surface area contributed by atoms with Gasteiger partial charge in [0.05, 0.1) is 24.3 Å². The molecule has 0 aliphatic heterocycles. The van der Waals surface area contributed by atoms with Crippen LogP contribution in [0.25, 0.3) is 11.0 Å². The van der Waals surface area contributed by atoms with E-state index in [4.69, 9.17) is 0 Å². The van der Waals surface area contributed by atoms with E-state index in [0.717, 1.165) is 16.6 Å². The molecule has 0 bridgehead atoms. The van der Waals surface area contributed by atoms with E-state index in [0.29, 0.717) is 12.4 Å². The Balaban J connectivity index is 1.57. The Morgan fingerprint density at radius 3 is 2.52 bits per heavy atom. The average molecular weight is 328 g/mol. The summed E-state index contributed by atoms with van der Waals surface area (Å²) in [6.07, 6.45) is 5.03. The summed E-state index contributed by atoms with van der Waals surface area (Å²) in [5, 5.41) is 9.53. The SMILES string of the molecule is C(=N\Nc1ncnc2c1cnn2Cc1ccccc1)/c1ccccc1. The zero-order valence-corrected chi connectivity index (χ0v) is 13.4. The van der Waals surface area contributed by atoms with Crippen molar-refractivity contribution in [2.75, 3.05) is 5.43 Å². The number of rotatable bonds is 5. The van der Waals surface area contributed by atoms with Gasteiger partial charge in [-0.1, -0.05) is 60.7 Å². The largest absolute Gasteiger partial charge is 0.261 e. The van der Waals surface area contributed by atoms with E-state index in [1.165, 1.54) is 11.9 Å². The highest BCUT2D eigenvalue weighted by atomic mass is 15.3. The maximum absolute atomic E-state index is 4.44. The average Bonchev–Trinajstić information content (AvgIpc) is 3.07. The van der Waals surface area contributed by atoms with Gasteiger partial charge in [0.1, 0.15) is 6.33 Å². The predicted octanol–water partition coefficient (Wildman–Crippen LogP) is 3.32. The molecule has 2 aromatic carbocycles. The molecular formula is C19H16N6. The molecule has 0 aliphatic carbocycles. The standard InChI is InChI=1S/C19H16N6/c1-3-7-15(8-4-1)11-22-24-18-17-12-23-25(19(17)21-14-20-18)13-16-9-5-2-6-10-16/h1-12,14H,13H2,(H,20,21,24)/b22-11+. The molecule has 0 fully saturated rings. The van der Waals surface area contributed by atoms with Gasteiger partial charge in [-0.2, -0.15) is 10.2 Å². The summed E-state index contributed by atoms with van der Waals surface area (Å²) in [5.74, 6) is 0.636. The van der Waals surface area contributed by atoms with Gasteiger partial charge >= 0.3 is 0 Å². The van der Waals surface area contributed by atoms with Crippen molar-refractivity contribution in [2.24, 2.45) is 5.10 Å². The number of anilines is 1. The van der Waals surface area contributed by atoms with E-state index in [9.17, 15) is 0 Å². The lowest BCUT2D eigenvalue weighted by Gasteiger charge is -2.04. The summed E-state index contributed by atoms with van der Waals surface area (Å²) in [5.41, 5.74) is 5.94. The van der Waals surface area contributed by atoms with E-state index in [2.05, 4.69) is 37.7 Å². The number of hydrogen-bond donors (Lipinski definition) is 1. The van der Waals surface area contributed by atoms with Crippen LogP contribution in [0.15, 0.2) is 78.3 Å². The molecule has 2 aromatic heterocycles. The Morgan fingerprint density at radius 1 is 0.960 bits per heavy atom. The fourth-order valence-corrected chi connectivity index (χ4v) is 2.56. The third-order valence-corrected chi connectivity index (χ3v) is 3.79. The van der Waals surface area contributed by atoms with Crippen LogP contribution in [0.1, 0.15) is 11.1 Å². The first-order valence-electron chi connectivity index (χ1n) is 7.95. The van der Waals surface area contributed by atoms with Crippen molar-refractivity contribution in [1.29, 1.82) is 0 Å². The predicted molar refractivity (Wildman–Crippen MR) is 98.5 cm³/mol. The minimum atomic E-state index is 0.636. The molecule has 0 saturated heterocycles. The van der Waals surface area contributed by atoms with Crippen LogP contribution in [0.5, 0.6) is 0 Å². The Hall–Kier alpha value is -3.54. The van der Waals surface area contributed by atoms with Crippen LogP contribution in [0.2, 0.25) is 0 Å². The fourth-order valence-electron chi connectivity index (χ4n) is 2.56. The second-order valence-corrected chi connectivity index (χ2v) is 5.53. The Kier molecular flexibility index (Phi) is 4.16. The smallest absolute Gasteiger partial charge is 0.163 e. The maximum atomic E-state index is 4.44. The topological polar surface area (TPSA) is 68.0 Å². The number of benzene rings is 2. The molecular weight excluding hydrogens is 312 g/mol. The first-order valence-corrected chi connectivity index (χ1v) is 7.95. The lowest BCUT2D eigenvalue weighted by Crippen LogP contribution is -2.03. The van der Waals surface area contributed by atoms with Gasteiger partial charge in [-0.3, -0.25) is 5.43 Å². The number of nitrogens with one attached hydrogen (secondary N) is 1. The van der Waals surface area contributed by atoms with Crippen LogP contribution in [0, 0.1) is 0 Å². The number of fused-ring (bicyclic) bond motifs is 1. The first kappa shape index (κ1) is 15.0. The van der Waals surface area contributed by atoms with Crippen molar-refractivity contribution in [1.82, 2.24) is 19.7 Å². The number of hydrogen-bond acceptors (Lipinski definition) is 5. The van der Waals surface area contributed by atoms with Crippen LogP contribution in [0.3, 0.4) is 0 Å². The molecule has 0 atom stereocenters. The van der Waals surface area contributed by atoms with Gasteiger partial charge < -0.3 is 0 Å². The van der Waals surface area contributed by atoms with E-state index >= 15 is 0 Å². The minimum absolute atomic E-state index is 0.636. The second-order valence-electron chi connectivity index (χ2n) is 5.53. The zero-order chi connectivity index (χ0) is 16.9. The summed E-state index contributed by atoms with van der Waals surface area (Å²) in [4.78, 5) is 8.63. The fraction of sp³-hybridized carbons (Fsp3) is 0.0526. The quantitative estimate of drug-likeness (QED) is 0.451. The molecule has 0 spiro atoms. The summed E-state index contributed by atoms with van der Waals surface area (Å²) in [7, 11) is 0. The van der Waals surface area contributed by atoms with Crippen molar-refractivity contribution < 1.29 is 0 Å². The van der Waals surface area contributed by atoms with Gasteiger partial charge in [0.25, 0.3) is 0 Å². The molecule has 4 aromatic rings. The Morgan fingerprint density at radius 2 is 1.72 bits per heavy atom. The van der Waals surface area contributed by atoms with Crippen LogP contribution >= 0.6 is 0 Å². The lowest BCUT2D eigenvalue weighted by molar-refractivity contribution is 0.704. The first-order chi connectivity index (χ1) is 12.4. The lowest BCUT2D eigenvalue weighted by atomic mass is 10.2. The van der Waals surface area contributed by atoms with Gasteiger partial charge in [0.15, 0.2) is 11.5 Å². The van der Waals surface area contributed by atoms with Crippen molar-refractivity contribution in [3.05, 3.63) is 84.3 Å². The molecule has 0 aliphatic rings. The summed E-state index contributed by atoms with van der Waals surface area (Å²) in [6.45, 7) is 0.661.